The maximum atomic E-state index is 13.1. The Morgan fingerprint density at radius 3 is 2.88 bits per heavy atom. The smallest absolute Gasteiger partial charge is 0.274 e. The average Bonchev–Trinajstić information content (AvgIpc) is 3.42. The summed E-state index contributed by atoms with van der Waals surface area (Å²) in [5.74, 6) is 2.16. The van der Waals surface area contributed by atoms with E-state index in [0.29, 0.717) is 18.3 Å². The molecule has 4 rings (SSSR count). The summed E-state index contributed by atoms with van der Waals surface area (Å²) in [6.45, 7) is 1.50. The van der Waals surface area contributed by atoms with Crippen molar-refractivity contribution in [2.24, 2.45) is 0 Å². The highest BCUT2D eigenvalue weighted by Crippen LogP contribution is 2.25. The van der Waals surface area contributed by atoms with Crippen molar-refractivity contribution in [3.8, 4) is 5.69 Å². The molecule has 25 heavy (non-hydrogen) atoms. The molecule has 5 nitrogen and oxygen atoms in total. The van der Waals surface area contributed by atoms with Crippen LogP contribution in [0.3, 0.4) is 0 Å². The molecule has 2 fully saturated rings. The largest absolute Gasteiger partial charge is 0.376 e. The summed E-state index contributed by atoms with van der Waals surface area (Å²) < 4.78 is 7.54. The Bertz CT molecular complexity index is 706. The van der Waals surface area contributed by atoms with E-state index in [4.69, 9.17) is 4.74 Å². The quantitative estimate of drug-likeness (QED) is 0.825. The van der Waals surface area contributed by atoms with Crippen LogP contribution < -0.4 is 0 Å². The van der Waals surface area contributed by atoms with Crippen LogP contribution in [0.5, 0.6) is 0 Å². The highest BCUT2D eigenvalue weighted by Gasteiger charge is 2.32. The Balaban J connectivity index is 1.54. The molecule has 0 spiro atoms. The molecular formula is C19H23N3O2S. The zero-order valence-corrected chi connectivity index (χ0v) is 15.0. The molecule has 0 saturated carbocycles. The molecule has 1 aromatic heterocycles. The van der Waals surface area contributed by atoms with Crippen LogP contribution >= 0.6 is 11.8 Å². The van der Waals surface area contributed by atoms with Crippen molar-refractivity contribution in [3.63, 3.8) is 0 Å². The Morgan fingerprint density at radius 2 is 2.16 bits per heavy atom. The Hall–Kier alpha value is -1.79. The lowest BCUT2D eigenvalue weighted by Gasteiger charge is -2.30. The summed E-state index contributed by atoms with van der Waals surface area (Å²) in [4.78, 5) is 15.2. The van der Waals surface area contributed by atoms with Gasteiger partial charge in [0.1, 0.15) is 0 Å². The molecule has 0 aliphatic carbocycles. The van der Waals surface area contributed by atoms with E-state index in [1.54, 1.807) is 4.68 Å². The number of ether oxygens (including phenoxy) is 1. The van der Waals surface area contributed by atoms with Crippen molar-refractivity contribution in [2.45, 2.75) is 31.4 Å². The molecule has 0 N–H and O–H groups in total. The number of hydrogen-bond acceptors (Lipinski definition) is 4. The molecular weight excluding hydrogens is 334 g/mol. The third-order valence-electron chi connectivity index (χ3n) is 4.86. The number of rotatable bonds is 5. The van der Waals surface area contributed by atoms with Crippen molar-refractivity contribution in [1.29, 1.82) is 0 Å². The van der Waals surface area contributed by atoms with E-state index >= 15 is 0 Å². The highest BCUT2D eigenvalue weighted by molar-refractivity contribution is 7.99. The Morgan fingerprint density at radius 1 is 1.28 bits per heavy atom. The van der Waals surface area contributed by atoms with Gasteiger partial charge < -0.3 is 9.64 Å². The van der Waals surface area contributed by atoms with E-state index in [-0.39, 0.29) is 12.0 Å². The third kappa shape index (κ3) is 3.75. The Labute approximate surface area is 152 Å². The van der Waals surface area contributed by atoms with Gasteiger partial charge >= 0.3 is 0 Å². The standard InChI is InChI=1S/C19H23N3O2S/c23-19(18-8-10-22(20-18)15-5-2-1-3-6-15)21(16-9-12-25-14-16)13-17-7-4-11-24-17/h1-3,5-6,8,10,16-17H,4,7,9,11-14H2/t16-,17-/m0/s1. The van der Waals surface area contributed by atoms with Gasteiger partial charge in [0.15, 0.2) is 5.69 Å². The van der Waals surface area contributed by atoms with E-state index in [1.807, 2.05) is 59.3 Å². The van der Waals surface area contributed by atoms with Gasteiger partial charge in [-0.1, -0.05) is 18.2 Å². The van der Waals surface area contributed by atoms with Crippen LogP contribution in [0.2, 0.25) is 0 Å². The molecule has 2 aliphatic rings. The van der Waals surface area contributed by atoms with Crippen molar-refractivity contribution in [3.05, 3.63) is 48.3 Å². The van der Waals surface area contributed by atoms with E-state index in [2.05, 4.69) is 5.10 Å². The molecule has 3 heterocycles. The summed E-state index contributed by atoms with van der Waals surface area (Å²) in [7, 11) is 0. The van der Waals surface area contributed by atoms with Crippen molar-refractivity contribution < 1.29 is 9.53 Å². The lowest BCUT2D eigenvalue weighted by molar-refractivity contribution is 0.0437. The minimum atomic E-state index is 0.0256. The summed E-state index contributed by atoms with van der Waals surface area (Å²) in [5, 5.41) is 4.53. The second-order valence-corrected chi connectivity index (χ2v) is 7.74. The molecule has 0 unspecified atom stereocenters. The molecule has 2 aliphatic heterocycles. The normalized spacial score (nSPS) is 23.0. The van der Waals surface area contributed by atoms with E-state index in [0.717, 1.165) is 43.1 Å². The first-order chi connectivity index (χ1) is 12.3. The summed E-state index contributed by atoms with van der Waals surface area (Å²) in [5.41, 5.74) is 1.47. The van der Waals surface area contributed by atoms with Gasteiger partial charge in [0.05, 0.1) is 11.8 Å². The van der Waals surface area contributed by atoms with Crippen LogP contribution in [0.4, 0.5) is 0 Å². The molecule has 132 valence electrons. The van der Waals surface area contributed by atoms with Crippen LogP contribution in [-0.2, 0) is 4.74 Å². The molecule has 2 saturated heterocycles. The van der Waals surface area contributed by atoms with Crippen molar-refractivity contribution in [1.82, 2.24) is 14.7 Å². The maximum absolute atomic E-state index is 13.1. The molecule has 1 aromatic carbocycles. The number of para-hydroxylation sites is 1. The first kappa shape index (κ1) is 16.7. The number of amides is 1. The number of aromatic nitrogens is 2. The number of thioether (sulfide) groups is 1. The van der Waals surface area contributed by atoms with Gasteiger partial charge in [0.25, 0.3) is 5.91 Å². The predicted molar refractivity (Wildman–Crippen MR) is 99.3 cm³/mol. The van der Waals surface area contributed by atoms with Gasteiger partial charge in [0, 0.05) is 31.1 Å². The van der Waals surface area contributed by atoms with Gasteiger partial charge in [-0.2, -0.15) is 16.9 Å². The fourth-order valence-corrected chi connectivity index (χ4v) is 4.71. The van der Waals surface area contributed by atoms with Crippen molar-refractivity contribution in [2.75, 3.05) is 24.7 Å². The maximum Gasteiger partial charge on any atom is 0.274 e. The van der Waals surface area contributed by atoms with Gasteiger partial charge in [-0.25, -0.2) is 4.68 Å². The van der Waals surface area contributed by atoms with Crippen molar-refractivity contribution >= 4 is 17.7 Å². The fraction of sp³-hybridized carbons (Fsp3) is 0.474. The van der Waals surface area contributed by atoms with Crippen LogP contribution in [0, 0.1) is 0 Å². The number of carbonyl (C=O) groups is 1. The highest BCUT2D eigenvalue weighted by atomic mass is 32.2. The fourth-order valence-electron chi connectivity index (χ4n) is 3.48. The minimum Gasteiger partial charge on any atom is -0.376 e. The van der Waals surface area contributed by atoms with Gasteiger partial charge in [-0.15, -0.1) is 0 Å². The molecule has 2 atom stereocenters. The van der Waals surface area contributed by atoms with Gasteiger partial charge in [0.2, 0.25) is 0 Å². The lowest BCUT2D eigenvalue weighted by Crippen LogP contribution is -2.44. The van der Waals surface area contributed by atoms with E-state index < -0.39 is 0 Å². The molecule has 0 bridgehead atoms. The Kier molecular flexibility index (Phi) is 5.08. The number of carbonyl (C=O) groups excluding carboxylic acids is 1. The predicted octanol–water partition coefficient (Wildman–Crippen LogP) is 3.00. The number of benzene rings is 1. The van der Waals surface area contributed by atoms with Crippen LogP contribution in [0.1, 0.15) is 29.8 Å². The van der Waals surface area contributed by atoms with Crippen LogP contribution in [0.25, 0.3) is 5.69 Å². The topological polar surface area (TPSA) is 47.4 Å². The van der Waals surface area contributed by atoms with Crippen LogP contribution in [-0.4, -0.2) is 57.4 Å². The number of hydrogen-bond donors (Lipinski definition) is 0. The summed E-state index contributed by atoms with van der Waals surface area (Å²) in [6, 6.07) is 12.0. The van der Waals surface area contributed by atoms with Gasteiger partial charge in [-0.05, 0) is 43.2 Å². The molecule has 1 amide bonds. The molecule has 2 aromatic rings. The second kappa shape index (κ2) is 7.62. The summed E-state index contributed by atoms with van der Waals surface area (Å²) in [6.07, 6.45) is 5.22. The zero-order valence-electron chi connectivity index (χ0n) is 14.2. The van der Waals surface area contributed by atoms with E-state index in [9.17, 15) is 4.79 Å². The van der Waals surface area contributed by atoms with E-state index in [1.165, 1.54) is 0 Å². The summed E-state index contributed by atoms with van der Waals surface area (Å²) >= 11 is 1.92. The number of nitrogens with zero attached hydrogens (tertiary/aromatic N) is 3. The zero-order chi connectivity index (χ0) is 17.1. The van der Waals surface area contributed by atoms with Crippen LogP contribution in [0.15, 0.2) is 42.6 Å². The lowest BCUT2D eigenvalue weighted by atomic mass is 10.1. The first-order valence-electron chi connectivity index (χ1n) is 8.92. The van der Waals surface area contributed by atoms with Gasteiger partial charge in [-0.3, -0.25) is 4.79 Å². The third-order valence-corrected chi connectivity index (χ3v) is 6.01. The first-order valence-corrected chi connectivity index (χ1v) is 10.1. The SMILES string of the molecule is O=C(c1ccn(-c2ccccc2)n1)N(C[C@@H]1CCCO1)[C@H]1CCSC1. The second-order valence-electron chi connectivity index (χ2n) is 6.59. The monoisotopic (exact) mass is 357 g/mol. The molecule has 0 radical (unpaired) electrons. The minimum absolute atomic E-state index is 0.0256. The average molecular weight is 357 g/mol. The molecule has 6 heteroatoms.